The number of fused-ring (bicyclic) bond motifs is 1. The van der Waals surface area contributed by atoms with E-state index in [0.717, 1.165) is 28.9 Å². The summed E-state index contributed by atoms with van der Waals surface area (Å²) >= 11 is 1.41. The monoisotopic (exact) mass is 399 g/mol. The third-order valence-electron chi connectivity index (χ3n) is 5.25. The molecular formula is C20H22FN5OS. The molecule has 0 bridgehead atoms. The Hall–Kier alpha value is -2.48. The zero-order valence-electron chi connectivity index (χ0n) is 15.7. The second-order valence-electron chi connectivity index (χ2n) is 7.03. The van der Waals surface area contributed by atoms with E-state index >= 15 is 0 Å². The SMILES string of the molecule is CN(C(=O)CSc1ncnc2c1cnn2-c1ccc(F)cc1)C1CCCCC1. The molecule has 0 aliphatic heterocycles. The van der Waals surface area contributed by atoms with Crippen molar-refractivity contribution in [2.75, 3.05) is 12.8 Å². The molecule has 28 heavy (non-hydrogen) atoms. The number of carbonyl (C=O) groups excluding carboxylic acids is 1. The lowest BCUT2D eigenvalue weighted by Gasteiger charge is -2.31. The topological polar surface area (TPSA) is 63.9 Å². The van der Waals surface area contributed by atoms with E-state index < -0.39 is 0 Å². The fraction of sp³-hybridized carbons (Fsp3) is 0.400. The van der Waals surface area contributed by atoms with Crippen LogP contribution in [0.25, 0.3) is 16.7 Å². The standard InChI is InChI=1S/C20H22FN5OS/c1-25(15-5-3-2-4-6-15)18(27)12-28-20-17-11-24-26(19(17)22-13-23-20)16-9-7-14(21)8-10-16/h7-11,13,15H,2-6,12H2,1H3. The predicted molar refractivity (Wildman–Crippen MR) is 107 cm³/mol. The van der Waals surface area contributed by atoms with Gasteiger partial charge in [-0.2, -0.15) is 5.10 Å². The number of benzene rings is 1. The van der Waals surface area contributed by atoms with Crippen LogP contribution in [0.1, 0.15) is 32.1 Å². The molecule has 6 nitrogen and oxygen atoms in total. The van der Waals surface area contributed by atoms with Crippen molar-refractivity contribution in [2.24, 2.45) is 0 Å². The number of carbonyl (C=O) groups is 1. The molecule has 0 unspecified atom stereocenters. The van der Waals surface area contributed by atoms with Crippen molar-refractivity contribution in [1.29, 1.82) is 0 Å². The second kappa shape index (κ2) is 8.26. The molecule has 2 heterocycles. The van der Waals surface area contributed by atoms with E-state index in [1.165, 1.54) is 49.5 Å². The molecule has 1 fully saturated rings. The third-order valence-corrected chi connectivity index (χ3v) is 6.24. The van der Waals surface area contributed by atoms with E-state index in [-0.39, 0.29) is 11.7 Å². The van der Waals surface area contributed by atoms with Crippen molar-refractivity contribution in [3.05, 3.63) is 42.6 Å². The molecule has 2 aromatic heterocycles. The average molecular weight is 399 g/mol. The van der Waals surface area contributed by atoms with Crippen LogP contribution in [0.15, 0.2) is 41.8 Å². The summed E-state index contributed by atoms with van der Waals surface area (Å²) in [6, 6.07) is 6.44. The molecule has 3 aromatic rings. The van der Waals surface area contributed by atoms with E-state index in [2.05, 4.69) is 15.1 Å². The Morgan fingerprint density at radius 1 is 1.21 bits per heavy atom. The van der Waals surface area contributed by atoms with Gasteiger partial charge >= 0.3 is 0 Å². The summed E-state index contributed by atoms with van der Waals surface area (Å²) in [7, 11) is 1.90. The van der Waals surface area contributed by atoms with E-state index in [1.54, 1.807) is 23.0 Å². The van der Waals surface area contributed by atoms with Gasteiger partial charge in [0.05, 0.1) is 23.0 Å². The highest BCUT2D eigenvalue weighted by atomic mass is 32.2. The summed E-state index contributed by atoms with van der Waals surface area (Å²) in [5, 5.41) is 5.88. The molecule has 1 saturated carbocycles. The summed E-state index contributed by atoms with van der Waals surface area (Å²) in [4.78, 5) is 23.2. The summed E-state index contributed by atoms with van der Waals surface area (Å²) < 4.78 is 14.8. The van der Waals surface area contributed by atoms with E-state index in [0.29, 0.717) is 17.4 Å². The molecule has 146 valence electrons. The van der Waals surface area contributed by atoms with Crippen molar-refractivity contribution in [2.45, 2.75) is 43.2 Å². The van der Waals surface area contributed by atoms with Crippen LogP contribution >= 0.6 is 11.8 Å². The van der Waals surface area contributed by atoms with Gasteiger partial charge in [0.25, 0.3) is 0 Å². The van der Waals surface area contributed by atoms with Gasteiger partial charge in [-0.05, 0) is 37.1 Å². The van der Waals surface area contributed by atoms with Crippen LogP contribution in [-0.2, 0) is 4.79 Å². The average Bonchev–Trinajstić information content (AvgIpc) is 3.17. The number of hydrogen-bond acceptors (Lipinski definition) is 5. The molecular weight excluding hydrogens is 377 g/mol. The minimum atomic E-state index is -0.299. The number of rotatable bonds is 5. The first-order valence-electron chi connectivity index (χ1n) is 9.46. The number of hydrogen-bond donors (Lipinski definition) is 0. The van der Waals surface area contributed by atoms with Crippen molar-refractivity contribution in [1.82, 2.24) is 24.6 Å². The number of amides is 1. The number of halogens is 1. The van der Waals surface area contributed by atoms with Crippen LogP contribution in [0.3, 0.4) is 0 Å². The fourth-order valence-corrected chi connectivity index (χ4v) is 4.50. The Morgan fingerprint density at radius 2 is 1.96 bits per heavy atom. The summed E-state index contributed by atoms with van der Waals surface area (Å²) in [5.41, 5.74) is 1.36. The molecule has 0 N–H and O–H groups in total. The Balaban J connectivity index is 1.50. The lowest BCUT2D eigenvalue weighted by atomic mass is 9.94. The first kappa shape index (κ1) is 18.9. The Kier molecular flexibility index (Phi) is 5.57. The minimum absolute atomic E-state index is 0.120. The molecule has 0 atom stereocenters. The van der Waals surface area contributed by atoms with Gasteiger partial charge in [0.2, 0.25) is 5.91 Å². The van der Waals surface area contributed by atoms with Crippen molar-refractivity contribution < 1.29 is 9.18 Å². The highest BCUT2D eigenvalue weighted by Crippen LogP contribution is 2.27. The van der Waals surface area contributed by atoms with Gasteiger partial charge in [-0.15, -0.1) is 0 Å². The van der Waals surface area contributed by atoms with Crippen LogP contribution in [0.4, 0.5) is 4.39 Å². The predicted octanol–water partition coefficient (Wildman–Crippen LogP) is 3.84. The largest absolute Gasteiger partial charge is 0.342 e. The fourth-order valence-electron chi connectivity index (χ4n) is 3.61. The van der Waals surface area contributed by atoms with Crippen LogP contribution < -0.4 is 0 Å². The highest BCUT2D eigenvalue weighted by molar-refractivity contribution is 8.00. The summed E-state index contributed by atoms with van der Waals surface area (Å²) in [5.74, 6) is 0.155. The van der Waals surface area contributed by atoms with Gasteiger partial charge in [-0.3, -0.25) is 4.79 Å². The van der Waals surface area contributed by atoms with E-state index in [4.69, 9.17) is 0 Å². The van der Waals surface area contributed by atoms with Crippen LogP contribution in [0, 0.1) is 5.82 Å². The number of aromatic nitrogens is 4. The summed E-state index contributed by atoms with van der Waals surface area (Å²) in [6.07, 6.45) is 9.02. The minimum Gasteiger partial charge on any atom is -0.342 e. The maximum atomic E-state index is 13.2. The zero-order chi connectivity index (χ0) is 19.5. The first-order valence-corrected chi connectivity index (χ1v) is 10.4. The Morgan fingerprint density at radius 3 is 2.71 bits per heavy atom. The maximum Gasteiger partial charge on any atom is 0.232 e. The van der Waals surface area contributed by atoms with Gasteiger partial charge in [-0.25, -0.2) is 19.0 Å². The lowest BCUT2D eigenvalue weighted by Crippen LogP contribution is -2.39. The summed E-state index contributed by atoms with van der Waals surface area (Å²) in [6.45, 7) is 0. The molecule has 0 saturated heterocycles. The van der Waals surface area contributed by atoms with Gasteiger partial charge < -0.3 is 4.90 Å². The molecule has 0 radical (unpaired) electrons. The lowest BCUT2D eigenvalue weighted by molar-refractivity contribution is -0.129. The molecule has 1 aliphatic rings. The normalized spacial score (nSPS) is 15.1. The van der Waals surface area contributed by atoms with E-state index in [9.17, 15) is 9.18 Å². The smallest absolute Gasteiger partial charge is 0.232 e. The number of nitrogens with zero attached hydrogens (tertiary/aromatic N) is 5. The van der Waals surface area contributed by atoms with Gasteiger partial charge in [0.1, 0.15) is 17.2 Å². The third kappa shape index (κ3) is 3.87. The Bertz CT molecular complexity index is 968. The van der Waals surface area contributed by atoms with E-state index in [1.807, 2.05) is 11.9 Å². The molecule has 1 amide bonds. The van der Waals surface area contributed by atoms with Crippen molar-refractivity contribution >= 4 is 28.7 Å². The Labute approximate surface area is 167 Å². The van der Waals surface area contributed by atoms with Gasteiger partial charge in [0.15, 0.2) is 5.65 Å². The molecule has 4 rings (SSSR count). The quantitative estimate of drug-likeness (QED) is 0.482. The first-order chi connectivity index (χ1) is 13.6. The number of thioether (sulfide) groups is 1. The van der Waals surface area contributed by atoms with Crippen molar-refractivity contribution in [3.8, 4) is 5.69 Å². The van der Waals surface area contributed by atoms with Crippen molar-refractivity contribution in [3.63, 3.8) is 0 Å². The molecule has 1 aliphatic carbocycles. The highest BCUT2D eigenvalue weighted by Gasteiger charge is 2.22. The zero-order valence-corrected chi connectivity index (χ0v) is 16.5. The van der Waals surface area contributed by atoms with Crippen LogP contribution in [-0.4, -0.2) is 49.4 Å². The molecule has 0 spiro atoms. The molecule has 8 heteroatoms. The van der Waals surface area contributed by atoms with Crippen LogP contribution in [0.5, 0.6) is 0 Å². The molecule has 1 aromatic carbocycles. The van der Waals surface area contributed by atoms with Gasteiger partial charge in [0, 0.05) is 13.1 Å². The van der Waals surface area contributed by atoms with Crippen LogP contribution in [0.2, 0.25) is 0 Å². The van der Waals surface area contributed by atoms with Gasteiger partial charge in [-0.1, -0.05) is 31.0 Å². The second-order valence-corrected chi connectivity index (χ2v) is 8.00. The maximum absolute atomic E-state index is 13.2.